The fraction of sp³-hybridized carbons (Fsp3) is 0.333. The van der Waals surface area contributed by atoms with Crippen molar-refractivity contribution in [1.29, 1.82) is 5.26 Å². The predicted molar refractivity (Wildman–Crippen MR) is 64.3 cm³/mol. The standard InChI is InChI=1S/C12H12N4O2/c1-2-18-12(17)6-10-4-3-9(8-15-16-14)5-11(10)7-13/h3-5H,2,6,8H2,1H3. The molecular weight excluding hydrogens is 232 g/mol. The second-order valence-electron chi connectivity index (χ2n) is 3.47. The number of carbonyl (C=O) groups excluding carboxylic acids is 1. The van der Waals surface area contributed by atoms with Crippen molar-refractivity contribution in [2.24, 2.45) is 5.11 Å². The van der Waals surface area contributed by atoms with E-state index in [4.69, 9.17) is 15.5 Å². The van der Waals surface area contributed by atoms with Crippen LogP contribution in [0.4, 0.5) is 0 Å². The van der Waals surface area contributed by atoms with Crippen LogP contribution < -0.4 is 0 Å². The van der Waals surface area contributed by atoms with Gasteiger partial charge in [0.1, 0.15) is 0 Å². The Morgan fingerprint density at radius 2 is 2.39 bits per heavy atom. The minimum absolute atomic E-state index is 0.0680. The highest BCUT2D eigenvalue weighted by molar-refractivity contribution is 5.73. The predicted octanol–water partition coefficient (Wildman–Crippen LogP) is 2.47. The summed E-state index contributed by atoms with van der Waals surface area (Å²) in [5.41, 5.74) is 9.96. The van der Waals surface area contributed by atoms with Crippen molar-refractivity contribution in [3.05, 3.63) is 45.3 Å². The quantitative estimate of drug-likeness (QED) is 0.344. The van der Waals surface area contributed by atoms with Gasteiger partial charge in [-0.3, -0.25) is 4.79 Å². The van der Waals surface area contributed by atoms with Crippen LogP contribution in [0, 0.1) is 11.3 Å². The smallest absolute Gasteiger partial charge is 0.310 e. The maximum atomic E-state index is 11.3. The summed E-state index contributed by atoms with van der Waals surface area (Å²) in [4.78, 5) is 14.0. The largest absolute Gasteiger partial charge is 0.466 e. The van der Waals surface area contributed by atoms with Crippen molar-refractivity contribution < 1.29 is 9.53 Å². The molecule has 0 aliphatic carbocycles. The molecule has 0 fully saturated rings. The summed E-state index contributed by atoms with van der Waals surface area (Å²) in [6, 6.07) is 7.04. The molecule has 0 saturated heterocycles. The Morgan fingerprint density at radius 3 is 3.00 bits per heavy atom. The van der Waals surface area contributed by atoms with Gasteiger partial charge in [0, 0.05) is 4.91 Å². The SMILES string of the molecule is CCOC(=O)Cc1ccc(CN=[N+]=[N-])cc1C#N. The zero-order chi connectivity index (χ0) is 13.4. The lowest BCUT2D eigenvalue weighted by molar-refractivity contribution is -0.142. The van der Waals surface area contributed by atoms with E-state index in [1.54, 1.807) is 25.1 Å². The first-order valence-corrected chi connectivity index (χ1v) is 5.39. The summed E-state index contributed by atoms with van der Waals surface area (Å²) < 4.78 is 4.83. The van der Waals surface area contributed by atoms with Gasteiger partial charge in [0.25, 0.3) is 0 Å². The highest BCUT2D eigenvalue weighted by atomic mass is 16.5. The van der Waals surface area contributed by atoms with E-state index in [-0.39, 0.29) is 18.9 Å². The van der Waals surface area contributed by atoms with Crippen molar-refractivity contribution in [2.45, 2.75) is 19.9 Å². The molecule has 0 heterocycles. The van der Waals surface area contributed by atoms with Crippen LogP contribution in [-0.4, -0.2) is 12.6 Å². The zero-order valence-corrected chi connectivity index (χ0v) is 9.96. The number of nitriles is 1. The first-order chi connectivity index (χ1) is 8.71. The Labute approximate surface area is 104 Å². The lowest BCUT2D eigenvalue weighted by atomic mass is 10.0. The Kier molecular flexibility index (Phi) is 5.23. The third-order valence-electron chi connectivity index (χ3n) is 2.25. The lowest BCUT2D eigenvalue weighted by Crippen LogP contribution is -2.08. The maximum absolute atomic E-state index is 11.3. The highest BCUT2D eigenvalue weighted by Gasteiger charge is 2.09. The van der Waals surface area contributed by atoms with E-state index >= 15 is 0 Å². The van der Waals surface area contributed by atoms with Gasteiger partial charge in [-0.2, -0.15) is 5.26 Å². The molecule has 6 heteroatoms. The lowest BCUT2D eigenvalue weighted by Gasteiger charge is -2.05. The van der Waals surface area contributed by atoms with Crippen LogP contribution in [0.1, 0.15) is 23.6 Å². The number of benzene rings is 1. The molecule has 1 aromatic carbocycles. The first kappa shape index (κ1) is 13.6. The molecule has 0 unspecified atom stereocenters. The Bertz CT molecular complexity index is 527. The van der Waals surface area contributed by atoms with E-state index in [1.807, 2.05) is 6.07 Å². The summed E-state index contributed by atoms with van der Waals surface area (Å²) >= 11 is 0. The average molecular weight is 244 g/mol. The molecule has 1 aromatic rings. The Balaban J connectivity index is 2.90. The summed E-state index contributed by atoms with van der Waals surface area (Å²) in [7, 11) is 0. The van der Waals surface area contributed by atoms with Crippen molar-refractivity contribution in [1.82, 2.24) is 0 Å². The molecule has 0 aliphatic rings. The van der Waals surface area contributed by atoms with E-state index in [0.29, 0.717) is 17.7 Å². The second kappa shape index (κ2) is 6.94. The molecule has 92 valence electrons. The molecule has 0 aromatic heterocycles. The normalized spacial score (nSPS) is 9.11. The fourth-order valence-corrected chi connectivity index (χ4v) is 1.46. The van der Waals surface area contributed by atoms with Gasteiger partial charge < -0.3 is 4.74 Å². The maximum Gasteiger partial charge on any atom is 0.310 e. The fourth-order valence-electron chi connectivity index (χ4n) is 1.46. The van der Waals surface area contributed by atoms with Crippen LogP contribution in [0.25, 0.3) is 10.4 Å². The van der Waals surface area contributed by atoms with Gasteiger partial charge in [0.2, 0.25) is 0 Å². The molecule has 0 aliphatic heterocycles. The van der Waals surface area contributed by atoms with E-state index in [1.165, 1.54) is 0 Å². The van der Waals surface area contributed by atoms with Crippen LogP contribution in [0.15, 0.2) is 23.3 Å². The van der Waals surface area contributed by atoms with Gasteiger partial charge >= 0.3 is 5.97 Å². The molecule has 0 spiro atoms. The van der Waals surface area contributed by atoms with Crippen molar-refractivity contribution in [3.8, 4) is 6.07 Å². The van der Waals surface area contributed by atoms with Gasteiger partial charge in [0.05, 0.1) is 31.2 Å². The number of hydrogen-bond donors (Lipinski definition) is 0. The van der Waals surface area contributed by atoms with Gasteiger partial charge in [-0.15, -0.1) is 0 Å². The van der Waals surface area contributed by atoms with E-state index in [2.05, 4.69) is 10.0 Å². The van der Waals surface area contributed by atoms with Crippen LogP contribution in [-0.2, 0) is 22.5 Å². The summed E-state index contributed by atoms with van der Waals surface area (Å²) in [6.07, 6.45) is 0.0680. The highest BCUT2D eigenvalue weighted by Crippen LogP contribution is 2.13. The number of ether oxygens (including phenoxy) is 1. The van der Waals surface area contributed by atoms with Crippen LogP contribution in [0.5, 0.6) is 0 Å². The summed E-state index contributed by atoms with van der Waals surface area (Å²) in [6.45, 7) is 2.23. The molecular formula is C12H12N4O2. The molecule has 6 nitrogen and oxygen atoms in total. The third-order valence-corrected chi connectivity index (χ3v) is 2.25. The number of esters is 1. The molecule has 0 radical (unpaired) electrons. The number of hydrogen-bond acceptors (Lipinski definition) is 4. The van der Waals surface area contributed by atoms with Crippen LogP contribution >= 0.6 is 0 Å². The molecule has 18 heavy (non-hydrogen) atoms. The first-order valence-electron chi connectivity index (χ1n) is 5.39. The zero-order valence-electron chi connectivity index (χ0n) is 9.96. The van der Waals surface area contributed by atoms with E-state index in [0.717, 1.165) is 5.56 Å². The van der Waals surface area contributed by atoms with Gasteiger partial charge in [-0.05, 0) is 29.6 Å². The molecule has 0 bridgehead atoms. The Hall–Kier alpha value is -2.51. The second-order valence-corrected chi connectivity index (χ2v) is 3.47. The van der Waals surface area contributed by atoms with E-state index < -0.39 is 0 Å². The van der Waals surface area contributed by atoms with Crippen LogP contribution in [0.2, 0.25) is 0 Å². The molecule has 1 rings (SSSR count). The molecule has 0 saturated carbocycles. The van der Waals surface area contributed by atoms with Gasteiger partial charge in [0.15, 0.2) is 0 Å². The molecule has 0 N–H and O–H groups in total. The summed E-state index contributed by atoms with van der Waals surface area (Å²) in [5, 5.41) is 12.4. The summed E-state index contributed by atoms with van der Waals surface area (Å²) in [5.74, 6) is -0.364. The van der Waals surface area contributed by atoms with Crippen molar-refractivity contribution >= 4 is 5.97 Å². The van der Waals surface area contributed by atoms with Crippen molar-refractivity contribution in [3.63, 3.8) is 0 Å². The molecule has 0 amide bonds. The van der Waals surface area contributed by atoms with E-state index in [9.17, 15) is 4.79 Å². The van der Waals surface area contributed by atoms with Gasteiger partial charge in [-0.1, -0.05) is 17.2 Å². The van der Waals surface area contributed by atoms with Gasteiger partial charge in [-0.25, -0.2) is 0 Å². The topological polar surface area (TPSA) is 98.8 Å². The van der Waals surface area contributed by atoms with Crippen molar-refractivity contribution in [2.75, 3.05) is 6.61 Å². The minimum Gasteiger partial charge on any atom is -0.466 e. The number of azide groups is 1. The number of rotatable bonds is 5. The number of carbonyl (C=O) groups is 1. The molecule has 0 atom stereocenters. The number of nitrogens with zero attached hydrogens (tertiary/aromatic N) is 4. The minimum atomic E-state index is -0.364. The monoisotopic (exact) mass is 244 g/mol. The van der Waals surface area contributed by atoms with Crippen LogP contribution in [0.3, 0.4) is 0 Å². The third kappa shape index (κ3) is 3.81. The average Bonchev–Trinajstić information content (AvgIpc) is 2.37. The Morgan fingerprint density at radius 1 is 1.61 bits per heavy atom.